The van der Waals surface area contributed by atoms with Gasteiger partial charge in [0.15, 0.2) is 11.5 Å². The van der Waals surface area contributed by atoms with Crippen LogP contribution in [0.5, 0.6) is 11.5 Å². The second kappa shape index (κ2) is 8.36. The molecule has 0 aliphatic heterocycles. The zero-order valence-corrected chi connectivity index (χ0v) is 14.6. The molecule has 2 aromatic rings. The van der Waals surface area contributed by atoms with Gasteiger partial charge in [-0.25, -0.2) is 0 Å². The molecular weight excluding hydrogens is 304 g/mol. The largest absolute Gasteiger partial charge is 0.493 e. The second-order valence-electron chi connectivity index (χ2n) is 5.92. The zero-order valence-electron chi connectivity index (χ0n) is 14.6. The van der Waals surface area contributed by atoms with Gasteiger partial charge < -0.3 is 19.7 Å². The van der Waals surface area contributed by atoms with E-state index in [-0.39, 0.29) is 11.9 Å². The summed E-state index contributed by atoms with van der Waals surface area (Å²) in [6.45, 7) is 0.795. The predicted molar refractivity (Wildman–Crippen MR) is 93.9 cm³/mol. The van der Waals surface area contributed by atoms with Crippen molar-refractivity contribution in [3.05, 3.63) is 59.7 Å². The van der Waals surface area contributed by atoms with Crippen LogP contribution in [0.15, 0.2) is 48.5 Å². The van der Waals surface area contributed by atoms with Gasteiger partial charge >= 0.3 is 0 Å². The van der Waals surface area contributed by atoms with E-state index < -0.39 is 0 Å². The summed E-state index contributed by atoms with van der Waals surface area (Å²) in [7, 11) is 7.27. The van der Waals surface area contributed by atoms with Gasteiger partial charge in [0, 0.05) is 5.56 Å². The molecule has 0 heterocycles. The van der Waals surface area contributed by atoms with E-state index in [2.05, 4.69) is 19.4 Å². The van der Waals surface area contributed by atoms with Crippen LogP contribution in [-0.4, -0.2) is 40.8 Å². The molecule has 2 aromatic carbocycles. The highest BCUT2D eigenvalue weighted by Crippen LogP contribution is 2.27. The van der Waals surface area contributed by atoms with Gasteiger partial charge in [-0.05, 0) is 23.8 Å². The van der Waals surface area contributed by atoms with E-state index in [4.69, 9.17) is 9.47 Å². The van der Waals surface area contributed by atoms with E-state index in [0.29, 0.717) is 17.1 Å². The van der Waals surface area contributed by atoms with E-state index in [1.54, 1.807) is 32.4 Å². The molecule has 1 atom stereocenters. The minimum absolute atomic E-state index is 0.0585. The maximum Gasteiger partial charge on any atom is 0.252 e. The highest BCUT2D eigenvalue weighted by Gasteiger charge is 2.19. The Labute approximate surface area is 143 Å². The lowest BCUT2D eigenvalue weighted by molar-refractivity contribution is -0.860. The van der Waals surface area contributed by atoms with Crippen molar-refractivity contribution in [2.45, 2.75) is 6.04 Å². The van der Waals surface area contributed by atoms with E-state index in [1.807, 2.05) is 30.3 Å². The van der Waals surface area contributed by atoms with Crippen LogP contribution in [0.1, 0.15) is 22.0 Å². The summed E-state index contributed by atoms with van der Waals surface area (Å²) in [6, 6.07) is 15.1. The summed E-state index contributed by atoms with van der Waals surface area (Å²) in [4.78, 5) is 13.9. The number of rotatable bonds is 7. The molecule has 1 amide bonds. The molecule has 0 bridgehead atoms. The number of quaternary nitrogens is 1. The smallest absolute Gasteiger partial charge is 0.252 e. The molecule has 0 saturated heterocycles. The fourth-order valence-electron chi connectivity index (χ4n) is 2.56. The van der Waals surface area contributed by atoms with E-state index >= 15 is 0 Å². The van der Waals surface area contributed by atoms with Crippen LogP contribution < -0.4 is 19.7 Å². The number of hydrogen-bond donors (Lipinski definition) is 2. The van der Waals surface area contributed by atoms with Crippen LogP contribution in [0.25, 0.3) is 0 Å². The van der Waals surface area contributed by atoms with Crippen LogP contribution >= 0.6 is 0 Å². The number of ether oxygens (including phenoxy) is 2. The van der Waals surface area contributed by atoms with Gasteiger partial charge in [0.1, 0.15) is 12.6 Å². The van der Waals surface area contributed by atoms with Gasteiger partial charge in [0.05, 0.1) is 28.3 Å². The number of hydrogen-bond acceptors (Lipinski definition) is 3. The standard InChI is InChI=1S/C19H24N2O3/c1-21(2)13-16(14-8-6-5-7-9-14)20-19(22)15-10-11-17(23-3)18(12-15)24-4/h5-12,16H,13H2,1-4H3,(H,20,22)/p+1/t16-/m0/s1. The van der Waals surface area contributed by atoms with Gasteiger partial charge in [-0.15, -0.1) is 0 Å². The molecule has 2 rings (SSSR count). The van der Waals surface area contributed by atoms with Crippen LogP contribution in [-0.2, 0) is 0 Å². The molecule has 0 radical (unpaired) electrons. The zero-order chi connectivity index (χ0) is 17.5. The van der Waals surface area contributed by atoms with E-state index in [9.17, 15) is 4.79 Å². The van der Waals surface area contributed by atoms with Gasteiger partial charge in [-0.3, -0.25) is 4.79 Å². The van der Waals surface area contributed by atoms with Gasteiger partial charge in [-0.2, -0.15) is 0 Å². The van der Waals surface area contributed by atoms with Crippen molar-refractivity contribution in [1.29, 1.82) is 0 Å². The Morgan fingerprint density at radius 3 is 2.29 bits per heavy atom. The molecule has 128 valence electrons. The third kappa shape index (κ3) is 4.49. The number of amides is 1. The van der Waals surface area contributed by atoms with Crippen molar-refractivity contribution >= 4 is 5.91 Å². The lowest BCUT2D eigenvalue weighted by Crippen LogP contribution is -3.06. The van der Waals surface area contributed by atoms with E-state index in [0.717, 1.165) is 12.1 Å². The quantitative estimate of drug-likeness (QED) is 0.805. The first-order valence-electron chi connectivity index (χ1n) is 7.92. The molecule has 0 aliphatic carbocycles. The van der Waals surface area contributed by atoms with Crippen molar-refractivity contribution in [1.82, 2.24) is 5.32 Å². The van der Waals surface area contributed by atoms with Crippen LogP contribution in [0.3, 0.4) is 0 Å². The molecule has 24 heavy (non-hydrogen) atoms. The van der Waals surface area contributed by atoms with Crippen LogP contribution in [0.4, 0.5) is 0 Å². The minimum Gasteiger partial charge on any atom is -0.493 e. The molecule has 0 aromatic heterocycles. The Balaban J connectivity index is 2.21. The fraction of sp³-hybridized carbons (Fsp3) is 0.316. The number of methoxy groups -OCH3 is 2. The summed E-state index contributed by atoms with van der Waals surface area (Å²) in [5.41, 5.74) is 1.63. The Morgan fingerprint density at radius 1 is 1.04 bits per heavy atom. The van der Waals surface area contributed by atoms with Crippen LogP contribution in [0.2, 0.25) is 0 Å². The normalized spacial score (nSPS) is 11.9. The maximum atomic E-state index is 12.7. The van der Waals surface area contributed by atoms with Crippen molar-refractivity contribution in [2.24, 2.45) is 0 Å². The summed E-state index contributed by atoms with van der Waals surface area (Å²) in [6.07, 6.45) is 0. The molecule has 0 unspecified atom stereocenters. The lowest BCUT2D eigenvalue weighted by atomic mass is 10.1. The topological polar surface area (TPSA) is 52.0 Å². The first kappa shape index (κ1) is 17.8. The Morgan fingerprint density at radius 2 is 1.71 bits per heavy atom. The first-order chi connectivity index (χ1) is 11.5. The minimum atomic E-state index is -0.133. The van der Waals surface area contributed by atoms with E-state index in [1.165, 1.54) is 4.90 Å². The Kier molecular flexibility index (Phi) is 6.21. The molecule has 5 heteroatoms. The number of nitrogens with one attached hydrogen (secondary N) is 2. The molecule has 0 saturated carbocycles. The highest BCUT2D eigenvalue weighted by atomic mass is 16.5. The average Bonchev–Trinajstić information content (AvgIpc) is 2.60. The van der Waals surface area contributed by atoms with Crippen molar-refractivity contribution in [3.8, 4) is 11.5 Å². The number of carbonyl (C=O) groups is 1. The van der Waals surface area contributed by atoms with Crippen molar-refractivity contribution in [3.63, 3.8) is 0 Å². The summed E-state index contributed by atoms with van der Waals surface area (Å²) < 4.78 is 10.5. The van der Waals surface area contributed by atoms with Crippen molar-refractivity contribution < 1.29 is 19.2 Å². The molecule has 2 N–H and O–H groups in total. The lowest BCUT2D eigenvalue weighted by Gasteiger charge is -2.21. The Bertz CT molecular complexity index is 672. The van der Waals surface area contributed by atoms with Gasteiger partial charge in [-0.1, -0.05) is 30.3 Å². The average molecular weight is 329 g/mol. The predicted octanol–water partition coefficient (Wildman–Crippen LogP) is 1.32. The molecule has 0 spiro atoms. The summed E-state index contributed by atoms with van der Waals surface area (Å²) >= 11 is 0. The van der Waals surface area contributed by atoms with Gasteiger partial charge in [0.25, 0.3) is 5.91 Å². The number of carbonyl (C=O) groups excluding carboxylic acids is 1. The third-order valence-electron chi connectivity index (χ3n) is 3.77. The number of benzene rings is 2. The molecular formula is C19H25N2O3+. The summed E-state index contributed by atoms with van der Waals surface area (Å²) in [5, 5.41) is 3.11. The summed E-state index contributed by atoms with van der Waals surface area (Å²) in [5.74, 6) is 1.01. The number of likely N-dealkylation sites (N-methyl/N-ethyl adjacent to an activating group) is 1. The first-order valence-corrected chi connectivity index (χ1v) is 7.92. The second-order valence-corrected chi connectivity index (χ2v) is 5.92. The van der Waals surface area contributed by atoms with Gasteiger partial charge in [0.2, 0.25) is 0 Å². The van der Waals surface area contributed by atoms with Crippen LogP contribution in [0, 0.1) is 0 Å². The monoisotopic (exact) mass is 329 g/mol. The van der Waals surface area contributed by atoms with Crippen molar-refractivity contribution in [2.75, 3.05) is 34.9 Å². The molecule has 0 aliphatic rings. The SMILES string of the molecule is COc1ccc(C(=O)N[C@@H](C[NH+](C)C)c2ccccc2)cc1OC. The third-order valence-corrected chi connectivity index (χ3v) is 3.77. The Hall–Kier alpha value is -2.53. The fourth-order valence-corrected chi connectivity index (χ4v) is 2.56. The molecule has 0 fully saturated rings. The molecule has 5 nitrogen and oxygen atoms in total. The maximum absolute atomic E-state index is 12.7. The highest BCUT2D eigenvalue weighted by molar-refractivity contribution is 5.95.